The van der Waals surface area contributed by atoms with Crippen LogP contribution in [0.2, 0.25) is 0 Å². The molecule has 1 aliphatic heterocycles. The zero-order chi connectivity index (χ0) is 22.9. The number of esters is 1. The lowest BCUT2D eigenvalue weighted by molar-refractivity contribution is -0.148. The van der Waals surface area contributed by atoms with Crippen molar-refractivity contribution in [1.82, 2.24) is 4.90 Å². The normalized spacial score (nSPS) is 16.5. The molecule has 1 aliphatic rings. The first-order valence-electron chi connectivity index (χ1n) is 11.1. The maximum absolute atomic E-state index is 14.1. The predicted octanol–water partition coefficient (Wildman–Crippen LogP) is 6.13. The van der Waals surface area contributed by atoms with Gasteiger partial charge < -0.3 is 9.64 Å². The summed E-state index contributed by atoms with van der Waals surface area (Å²) in [4.78, 5) is 26.2. The van der Waals surface area contributed by atoms with Gasteiger partial charge in [-0.3, -0.25) is 4.79 Å². The van der Waals surface area contributed by atoms with Gasteiger partial charge in [-0.05, 0) is 37.5 Å². The highest BCUT2D eigenvalue weighted by Gasteiger charge is 2.38. The molecular formula is C23H31F4NO3. The highest BCUT2D eigenvalue weighted by Crippen LogP contribution is 2.31. The van der Waals surface area contributed by atoms with Gasteiger partial charge in [0.15, 0.2) is 0 Å². The molecule has 4 nitrogen and oxygen atoms in total. The monoisotopic (exact) mass is 445 g/mol. The summed E-state index contributed by atoms with van der Waals surface area (Å²) in [7, 11) is 0. The quantitative estimate of drug-likeness (QED) is 0.234. The molecule has 1 amide bonds. The Morgan fingerprint density at radius 3 is 2.35 bits per heavy atom. The van der Waals surface area contributed by atoms with Gasteiger partial charge >= 0.3 is 12.1 Å². The second kappa shape index (κ2) is 12.1. The molecule has 2 rings (SSSR count). The minimum atomic E-state index is -4.69. The van der Waals surface area contributed by atoms with Gasteiger partial charge in [-0.1, -0.05) is 51.9 Å². The molecule has 8 heteroatoms. The summed E-state index contributed by atoms with van der Waals surface area (Å²) in [6.07, 6.45) is 4.96. The first kappa shape index (κ1) is 25.1. The molecule has 1 aromatic carbocycles. The third kappa shape index (κ3) is 7.51. The van der Waals surface area contributed by atoms with E-state index in [9.17, 15) is 27.2 Å². The Morgan fingerprint density at radius 1 is 1.06 bits per heavy atom. The average molecular weight is 445 g/mol. The van der Waals surface area contributed by atoms with Crippen LogP contribution in [0.5, 0.6) is 0 Å². The molecule has 0 radical (unpaired) electrons. The molecule has 0 bridgehead atoms. The lowest BCUT2D eigenvalue weighted by Gasteiger charge is -2.24. The van der Waals surface area contributed by atoms with Crippen molar-refractivity contribution in [3.8, 4) is 0 Å². The molecule has 0 aliphatic carbocycles. The Hall–Kier alpha value is -2.12. The lowest BCUT2D eigenvalue weighted by Crippen LogP contribution is -2.42. The number of halogens is 4. The largest absolute Gasteiger partial charge is 0.464 e. The van der Waals surface area contributed by atoms with Crippen LogP contribution in [-0.4, -0.2) is 36.0 Å². The number of alkyl halides is 3. The summed E-state index contributed by atoms with van der Waals surface area (Å²) < 4.78 is 58.2. The number of nitrogens with zero attached hydrogens (tertiary/aromatic N) is 1. The van der Waals surface area contributed by atoms with Gasteiger partial charge in [-0.25, -0.2) is 9.18 Å². The number of carbonyl (C=O) groups excluding carboxylic acids is 2. The molecule has 0 saturated carbocycles. The number of amides is 1. The Bertz CT molecular complexity index is 736. The Labute approximate surface area is 180 Å². The summed E-state index contributed by atoms with van der Waals surface area (Å²) in [5.74, 6) is -2.55. The fraction of sp³-hybridized carbons (Fsp3) is 0.652. The summed E-state index contributed by atoms with van der Waals surface area (Å²) in [5.41, 5.74) is -1.79. The van der Waals surface area contributed by atoms with Crippen LogP contribution >= 0.6 is 0 Å². The molecule has 31 heavy (non-hydrogen) atoms. The van der Waals surface area contributed by atoms with Crippen molar-refractivity contribution in [1.29, 1.82) is 0 Å². The summed E-state index contributed by atoms with van der Waals surface area (Å²) >= 11 is 0. The molecule has 1 saturated heterocycles. The first-order chi connectivity index (χ1) is 14.8. The van der Waals surface area contributed by atoms with E-state index in [1.165, 1.54) is 25.7 Å². The van der Waals surface area contributed by atoms with Crippen LogP contribution < -0.4 is 0 Å². The van der Waals surface area contributed by atoms with Gasteiger partial charge in [0.25, 0.3) is 5.91 Å². The third-order valence-electron chi connectivity index (χ3n) is 5.55. The second-order valence-electron chi connectivity index (χ2n) is 7.99. The van der Waals surface area contributed by atoms with Crippen LogP contribution in [0.15, 0.2) is 18.2 Å². The van der Waals surface area contributed by atoms with Crippen LogP contribution in [0.1, 0.15) is 87.1 Å². The molecule has 1 atom stereocenters. The van der Waals surface area contributed by atoms with Gasteiger partial charge in [-0.15, -0.1) is 0 Å². The van der Waals surface area contributed by atoms with E-state index in [2.05, 4.69) is 6.92 Å². The minimum Gasteiger partial charge on any atom is -0.464 e. The van der Waals surface area contributed by atoms with Crippen LogP contribution in [0.4, 0.5) is 17.6 Å². The van der Waals surface area contributed by atoms with E-state index >= 15 is 0 Å². The maximum atomic E-state index is 14.1. The van der Waals surface area contributed by atoms with Crippen LogP contribution in [0.25, 0.3) is 0 Å². The highest BCUT2D eigenvalue weighted by atomic mass is 19.4. The molecule has 1 fully saturated rings. The summed E-state index contributed by atoms with van der Waals surface area (Å²) in [5, 5.41) is 0. The smallest absolute Gasteiger partial charge is 0.416 e. The molecule has 1 heterocycles. The van der Waals surface area contributed by atoms with Crippen LogP contribution in [-0.2, 0) is 15.7 Å². The van der Waals surface area contributed by atoms with E-state index in [0.29, 0.717) is 31.0 Å². The van der Waals surface area contributed by atoms with Gasteiger partial charge in [0.05, 0.1) is 17.7 Å². The van der Waals surface area contributed by atoms with E-state index < -0.39 is 41.0 Å². The first-order valence-corrected chi connectivity index (χ1v) is 11.1. The van der Waals surface area contributed by atoms with E-state index in [-0.39, 0.29) is 13.2 Å². The van der Waals surface area contributed by atoms with E-state index in [1.54, 1.807) is 0 Å². The van der Waals surface area contributed by atoms with Crippen LogP contribution in [0, 0.1) is 5.82 Å². The number of unbranched alkanes of at least 4 members (excludes halogenated alkanes) is 7. The number of carbonyl (C=O) groups is 2. The summed E-state index contributed by atoms with van der Waals surface area (Å²) in [6.45, 7) is 2.58. The standard InChI is InChI=1S/C23H31F4NO3/c1-2-3-4-5-6-7-8-9-15-31-22(30)20-11-10-14-28(20)21(29)18-16-17(23(25,26)27)12-13-19(18)24/h12-13,16,20H,2-11,14-15H2,1H3. The van der Waals surface area contributed by atoms with Crippen molar-refractivity contribution in [2.75, 3.05) is 13.2 Å². The van der Waals surface area contributed by atoms with Gasteiger partial charge in [0, 0.05) is 6.54 Å². The average Bonchev–Trinajstić information content (AvgIpc) is 3.21. The molecule has 0 N–H and O–H groups in total. The van der Waals surface area contributed by atoms with Gasteiger partial charge in [-0.2, -0.15) is 13.2 Å². The summed E-state index contributed by atoms with van der Waals surface area (Å²) in [6, 6.07) is 0.821. The van der Waals surface area contributed by atoms with Gasteiger partial charge in [0.2, 0.25) is 0 Å². The zero-order valence-electron chi connectivity index (χ0n) is 18.0. The number of rotatable bonds is 11. The molecule has 0 spiro atoms. The Morgan fingerprint density at radius 2 is 1.71 bits per heavy atom. The molecule has 1 unspecified atom stereocenters. The van der Waals surface area contributed by atoms with E-state index in [1.807, 2.05) is 0 Å². The Balaban J connectivity index is 1.85. The number of likely N-dealkylation sites (tertiary alicyclic amines) is 1. The van der Waals surface area contributed by atoms with Crippen molar-refractivity contribution in [2.24, 2.45) is 0 Å². The second-order valence-corrected chi connectivity index (χ2v) is 7.99. The van der Waals surface area contributed by atoms with Crippen molar-refractivity contribution in [3.63, 3.8) is 0 Å². The maximum Gasteiger partial charge on any atom is 0.416 e. The topological polar surface area (TPSA) is 46.6 Å². The van der Waals surface area contributed by atoms with Gasteiger partial charge in [0.1, 0.15) is 11.9 Å². The van der Waals surface area contributed by atoms with Crippen molar-refractivity contribution in [3.05, 3.63) is 35.1 Å². The van der Waals surface area contributed by atoms with Crippen LogP contribution in [0.3, 0.4) is 0 Å². The van der Waals surface area contributed by atoms with Crippen molar-refractivity contribution in [2.45, 2.75) is 83.4 Å². The highest BCUT2D eigenvalue weighted by molar-refractivity contribution is 5.97. The fourth-order valence-corrected chi connectivity index (χ4v) is 3.78. The van der Waals surface area contributed by atoms with E-state index in [4.69, 9.17) is 4.74 Å². The van der Waals surface area contributed by atoms with Crippen molar-refractivity contribution >= 4 is 11.9 Å². The molecule has 0 aromatic heterocycles. The van der Waals surface area contributed by atoms with E-state index in [0.717, 1.165) is 30.6 Å². The number of ether oxygens (including phenoxy) is 1. The molecule has 174 valence electrons. The molecule has 1 aromatic rings. The SMILES string of the molecule is CCCCCCCCCCOC(=O)C1CCCN1C(=O)c1cc(C(F)(F)F)ccc1F. The molecular weight excluding hydrogens is 414 g/mol. The number of hydrogen-bond acceptors (Lipinski definition) is 3. The zero-order valence-corrected chi connectivity index (χ0v) is 18.0. The lowest BCUT2D eigenvalue weighted by atomic mass is 10.1. The number of benzene rings is 1. The minimum absolute atomic E-state index is 0.173. The van der Waals surface area contributed by atoms with Crippen molar-refractivity contribution < 1.29 is 31.9 Å². The Kier molecular flexibility index (Phi) is 9.78. The fourth-order valence-electron chi connectivity index (χ4n) is 3.78. The third-order valence-corrected chi connectivity index (χ3v) is 5.55. The number of hydrogen-bond donors (Lipinski definition) is 0. The predicted molar refractivity (Wildman–Crippen MR) is 109 cm³/mol.